The Morgan fingerprint density at radius 2 is 1.70 bits per heavy atom. The summed E-state index contributed by atoms with van der Waals surface area (Å²) in [6.45, 7) is -0.0412. The minimum atomic E-state index is -4.71. The van der Waals surface area contributed by atoms with E-state index in [2.05, 4.69) is 10.2 Å². The third kappa shape index (κ3) is 4.61. The van der Waals surface area contributed by atoms with Crippen LogP contribution < -0.4 is 0 Å². The van der Waals surface area contributed by atoms with Crippen LogP contribution in [0.2, 0.25) is 5.02 Å². The van der Waals surface area contributed by atoms with Crippen LogP contribution in [0.5, 0.6) is 0 Å². The van der Waals surface area contributed by atoms with Crippen LogP contribution in [0.15, 0.2) is 59.6 Å². The zero-order valence-corrected chi connectivity index (χ0v) is 18.6. The summed E-state index contributed by atoms with van der Waals surface area (Å²) < 4.78 is 66.2. The molecule has 12 heteroatoms. The smallest absolute Gasteiger partial charge is 0.336 e. The molecular formula is C21H18ClF3N4O3S. The van der Waals surface area contributed by atoms with Gasteiger partial charge in [-0.2, -0.15) is 22.6 Å². The summed E-state index contributed by atoms with van der Waals surface area (Å²) in [6.07, 6.45) is -3.29. The molecule has 1 amide bonds. The molecule has 0 unspecified atom stereocenters. The van der Waals surface area contributed by atoms with E-state index in [0.29, 0.717) is 17.3 Å². The highest BCUT2D eigenvalue weighted by Crippen LogP contribution is 2.34. The van der Waals surface area contributed by atoms with Crippen molar-refractivity contribution < 1.29 is 26.4 Å². The summed E-state index contributed by atoms with van der Waals surface area (Å²) >= 11 is 5.92. The Labute approximate surface area is 192 Å². The van der Waals surface area contributed by atoms with Crippen LogP contribution in [0.3, 0.4) is 0 Å². The van der Waals surface area contributed by atoms with Crippen molar-refractivity contribution >= 4 is 27.5 Å². The topological polar surface area (TPSA) is 86.4 Å². The number of H-pyrrole nitrogens is 1. The fourth-order valence-electron chi connectivity index (χ4n) is 3.59. The van der Waals surface area contributed by atoms with E-state index in [0.717, 1.165) is 22.0 Å². The van der Waals surface area contributed by atoms with Crippen molar-refractivity contribution in [3.63, 3.8) is 0 Å². The molecule has 0 aliphatic carbocycles. The van der Waals surface area contributed by atoms with Crippen molar-refractivity contribution in [1.29, 1.82) is 0 Å². The Bertz CT molecular complexity index is 1270. The van der Waals surface area contributed by atoms with Gasteiger partial charge in [0.15, 0.2) is 0 Å². The number of hydrogen-bond acceptors (Lipinski definition) is 4. The number of carbonyl (C=O) groups excluding carboxylic acids is 1. The molecule has 0 saturated carbocycles. The molecule has 0 spiro atoms. The summed E-state index contributed by atoms with van der Waals surface area (Å²) in [4.78, 5) is 13.9. The number of aromatic amines is 1. The van der Waals surface area contributed by atoms with Gasteiger partial charge in [-0.25, -0.2) is 8.42 Å². The van der Waals surface area contributed by atoms with E-state index in [4.69, 9.17) is 11.6 Å². The van der Waals surface area contributed by atoms with Crippen LogP contribution in [0.1, 0.15) is 15.9 Å². The number of amides is 1. The van der Waals surface area contributed by atoms with Gasteiger partial charge in [0.05, 0.1) is 28.0 Å². The van der Waals surface area contributed by atoms with Crippen LogP contribution in [0.4, 0.5) is 13.2 Å². The fourth-order valence-corrected chi connectivity index (χ4v) is 5.51. The lowest BCUT2D eigenvalue weighted by Crippen LogP contribution is -2.50. The third-order valence-corrected chi connectivity index (χ3v) is 7.71. The highest BCUT2D eigenvalue weighted by atomic mass is 35.5. The Kier molecular flexibility index (Phi) is 6.21. The molecule has 2 aromatic carbocycles. The SMILES string of the molecule is O=C(c1cn[nH]c1-c1ccccc1)N1CCN(S(=O)(=O)c2cc(C(F)(F)F)ccc2Cl)CC1. The van der Waals surface area contributed by atoms with Crippen molar-refractivity contribution in [3.8, 4) is 11.3 Å². The van der Waals surface area contributed by atoms with Crippen LogP contribution in [0.25, 0.3) is 11.3 Å². The maximum atomic E-state index is 13.1. The van der Waals surface area contributed by atoms with Gasteiger partial charge < -0.3 is 4.90 Å². The van der Waals surface area contributed by atoms with Crippen LogP contribution in [-0.2, 0) is 16.2 Å². The highest BCUT2D eigenvalue weighted by Gasteiger charge is 2.36. The van der Waals surface area contributed by atoms with Crippen molar-refractivity contribution in [3.05, 3.63) is 70.9 Å². The molecule has 1 N–H and O–H groups in total. The number of rotatable bonds is 4. The minimum Gasteiger partial charge on any atom is -0.336 e. The van der Waals surface area contributed by atoms with Gasteiger partial charge in [-0.05, 0) is 18.2 Å². The van der Waals surface area contributed by atoms with E-state index in [1.807, 2.05) is 30.3 Å². The van der Waals surface area contributed by atoms with Gasteiger partial charge in [0.2, 0.25) is 10.0 Å². The first-order valence-electron chi connectivity index (χ1n) is 9.84. The van der Waals surface area contributed by atoms with Crippen LogP contribution in [0, 0.1) is 0 Å². The predicted molar refractivity (Wildman–Crippen MR) is 115 cm³/mol. The number of alkyl halides is 3. The maximum Gasteiger partial charge on any atom is 0.416 e. The maximum absolute atomic E-state index is 13.1. The van der Waals surface area contributed by atoms with E-state index in [1.54, 1.807) is 0 Å². The standard InChI is InChI=1S/C21H18ClF3N4O3S/c22-17-7-6-15(21(23,24)25)12-18(17)33(31,32)29-10-8-28(9-11-29)20(30)16-13-26-27-19(16)14-4-2-1-3-5-14/h1-7,12-13H,8-11H2,(H,26,27). The number of benzene rings is 2. The van der Waals surface area contributed by atoms with Crippen molar-refractivity contribution in [2.75, 3.05) is 26.2 Å². The van der Waals surface area contributed by atoms with Gasteiger partial charge in [0.1, 0.15) is 4.90 Å². The van der Waals surface area contributed by atoms with E-state index >= 15 is 0 Å². The van der Waals surface area contributed by atoms with E-state index in [-0.39, 0.29) is 37.1 Å². The molecule has 33 heavy (non-hydrogen) atoms. The molecule has 1 aliphatic heterocycles. The first-order valence-corrected chi connectivity index (χ1v) is 11.7. The van der Waals surface area contributed by atoms with Crippen LogP contribution in [-0.4, -0.2) is 59.9 Å². The Hall–Kier alpha value is -2.89. The number of piperazine rings is 1. The second-order valence-electron chi connectivity index (χ2n) is 7.36. The molecule has 1 saturated heterocycles. The average Bonchev–Trinajstić information content (AvgIpc) is 3.28. The molecule has 1 aromatic heterocycles. The van der Waals surface area contributed by atoms with E-state index < -0.39 is 26.7 Å². The molecule has 174 valence electrons. The van der Waals surface area contributed by atoms with Crippen molar-refractivity contribution in [1.82, 2.24) is 19.4 Å². The summed E-state index contributed by atoms with van der Waals surface area (Å²) in [5.41, 5.74) is 0.566. The normalized spacial score (nSPS) is 15.6. The lowest BCUT2D eigenvalue weighted by atomic mass is 10.1. The van der Waals surface area contributed by atoms with Gasteiger partial charge in [-0.3, -0.25) is 9.89 Å². The third-order valence-electron chi connectivity index (χ3n) is 5.33. The molecule has 1 aliphatic rings. The zero-order valence-electron chi connectivity index (χ0n) is 17.0. The average molecular weight is 499 g/mol. The summed E-state index contributed by atoms with van der Waals surface area (Å²) in [7, 11) is -4.28. The largest absolute Gasteiger partial charge is 0.416 e. The fraction of sp³-hybridized carbons (Fsp3) is 0.238. The molecule has 3 aromatic rings. The number of hydrogen-bond donors (Lipinski definition) is 1. The number of nitrogens with one attached hydrogen (secondary N) is 1. The molecular weight excluding hydrogens is 481 g/mol. The minimum absolute atomic E-state index is 0.0635. The Morgan fingerprint density at radius 1 is 1.03 bits per heavy atom. The first kappa shape index (κ1) is 23.3. The number of carbonyl (C=O) groups is 1. The van der Waals surface area contributed by atoms with Gasteiger partial charge in [-0.15, -0.1) is 0 Å². The predicted octanol–water partition coefficient (Wildman–Crippen LogP) is 3.90. The summed E-state index contributed by atoms with van der Waals surface area (Å²) in [5.74, 6) is -0.322. The van der Waals surface area contributed by atoms with Gasteiger partial charge >= 0.3 is 6.18 Å². The molecule has 4 rings (SSSR count). The summed E-state index contributed by atoms with van der Waals surface area (Å²) in [5, 5.41) is 6.47. The number of nitrogens with zero attached hydrogens (tertiary/aromatic N) is 3. The first-order chi connectivity index (χ1) is 15.6. The second-order valence-corrected chi connectivity index (χ2v) is 9.68. The monoisotopic (exact) mass is 498 g/mol. The van der Waals surface area contributed by atoms with Gasteiger partial charge in [-0.1, -0.05) is 41.9 Å². The zero-order chi connectivity index (χ0) is 23.8. The van der Waals surface area contributed by atoms with Crippen molar-refractivity contribution in [2.45, 2.75) is 11.1 Å². The van der Waals surface area contributed by atoms with Gasteiger partial charge in [0, 0.05) is 31.7 Å². The highest BCUT2D eigenvalue weighted by molar-refractivity contribution is 7.89. The number of sulfonamides is 1. The van der Waals surface area contributed by atoms with Crippen molar-refractivity contribution in [2.24, 2.45) is 0 Å². The lowest BCUT2D eigenvalue weighted by molar-refractivity contribution is -0.137. The molecule has 7 nitrogen and oxygen atoms in total. The molecule has 0 radical (unpaired) electrons. The van der Waals surface area contributed by atoms with E-state index in [1.165, 1.54) is 11.1 Å². The summed E-state index contributed by atoms with van der Waals surface area (Å²) in [6, 6.07) is 11.3. The Balaban J connectivity index is 1.51. The molecule has 1 fully saturated rings. The number of aromatic nitrogens is 2. The Morgan fingerprint density at radius 3 is 2.33 bits per heavy atom. The second kappa shape index (κ2) is 8.81. The quantitative estimate of drug-likeness (QED) is 0.591. The molecule has 2 heterocycles. The number of halogens is 4. The molecule has 0 bridgehead atoms. The van der Waals surface area contributed by atoms with E-state index in [9.17, 15) is 26.4 Å². The molecule has 0 atom stereocenters. The van der Waals surface area contributed by atoms with Gasteiger partial charge in [0.25, 0.3) is 5.91 Å². The van der Waals surface area contributed by atoms with Crippen LogP contribution >= 0.6 is 11.6 Å². The lowest BCUT2D eigenvalue weighted by Gasteiger charge is -2.34.